The van der Waals surface area contributed by atoms with Crippen LogP contribution in [0.15, 0.2) is 47.3 Å². The van der Waals surface area contributed by atoms with Crippen molar-refractivity contribution in [3.05, 3.63) is 47.3 Å². The second-order valence-corrected chi connectivity index (χ2v) is 7.25. The third-order valence-electron chi connectivity index (χ3n) is 5.48. The lowest BCUT2D eigenvalue weighted by atomic mass is 9.64. The number of carbonyl (C=O) groups excluding carboxylic acids is 2. The van der Waals surface area contributed by atoms with Gasteiger partial charge in [-0.25, -0.2) is 4.79 Å². The first-order chi connectivity index (χ1) is 10.8. The quantitative estimate of drug-likeness (QED) is 0.540. The van der Waals surface area contributed by atoms with Crippen molar-refractivity contribution in [1.29, 1.82) is 0 Å². The maximum atomic E-state index is 12.6. The monoisotopic (exact) mass is 312 g/mol. The van der Waals surface area contributed by atoms with Crippen LogP contribution in [-0.4, -0.2) is 11.8 Å². The third kappa shape index (κ3) is 2.52. The van der Waals surface area contributed by atoms with Crippen molar-refractivity contribution >= 4 is 11.8 Å². The number of hydrogen-bond donors (Lipinski definition) is 0. The van der Waals surface area contributed by atoms with Gasteiger partial charge < -0.3 is 4.74 Å². The highest BCUT2D eigenvalue weighted by molar-refractivity contribution is 6.01. The molecule has 0 saturated heterocycles. The minimum absolute atomic E-state index is 0.0361. The molecule has 0 bridgehead atoms. The predicted molar refractivity (Wildman–Crippen MR) is 89.3 cm³/mol. The summed E-state index contributed by atoms with van der Waals surface area (Å²) in [6.07, 6.45) is 4.26. The van der Waals surface area contributed by atoms with Crippen LogP contribution >= 0.6 is 0 Å². The normalized spacial score (nSPS) is 34.2. The highest BCUT2D eigenvalue weighted by Gasteiger charge is 2.45. The molecule has 0 spiro atoms. The van der Waals surface area contributed by atoms with Crippen LogP contribution in [0.4, 0.5) is 0 Å². The van der Waals surface area contributed by atoms with E-state index < -0.39 is 0 Å². The number of carbonyl (C=O) groups is 2. The van der Waals surface area contributed by atoms with Crippen LogP contribution in [0.2, 0.25) is 0 Å². The zero-order valence-corrected chi connectivity index (χ0v) is 14.1. The molecule has 122 valence electrons. The number of ether oxygens (including phenoxy) is 1. The van der Waals surface area contributed by atoms with E-state index in [1.807, 2.05) is 19.9 Å². The van der Waals surface area contributed by atoms with E-state index in [1.54, 1.807) is 6.92 Å². The molecule has 0 radical (unpaired) electrons. The number of hydrogen-bond acceptors (Lipinski definition) is 3. The summed E-state index contributed by atoms with van der Waals surface area (Å²) >= 11 is 0. The minimum Gasteiger partial charge on any atom is -0.427 e. The third-order valence-corrected chi connectivity index (χ3v) is 5.48. The Kier molecular flexibility index (Phi) is 3.91. The zero-order chi connectivity index (χ0) is 16.9. The van der Waals surface area contributed by atoms with Gasteiger partial charge in [0.15, 0.2) is 5.78 Å². The summed E-state index contributed by atoms with van der Waals surface area (Å²) in [5, 5.41) is 0. The van der Waals surface area contributed by atoms with Gasteiger partial charge in [-0.15, -0.1) is 0 Å². The first-order valence-corrected chi connectivity index (χ1v) is 8.32. The van der Waals surface area contributed by atoms with Crippen molar-refractivity contribution in [2.24, 2.45) is 23.7 Å². The van der Waals surface area contributed by atoms with Crippen molar-refractivity contribution in [3.8, 4) is 0 Å². The van der Waals surface area contributed by atoms with Gasteiger partial charge >= 0.3 is 5.97 Å². The lowest BCUT2D eigenvalue weighted by molar-refractivity contribution is -0.135. The van der Waals surface area contributed by atoms with Crippen LogP contribution in [0.5, 0.6) is 0 Å². The van der Waals surface area contributed by atoms with Gasteiger partial charge in [-0.3, -0.25) is 4.79 Å². The average Bonchev–Trinajstić information content (AvgIpc) is 2.72. The number of rotatable bonds is 1. The van der Waals surface area contributed by atoms with Crippen molar-refractivity contribution in [3.63, 3.8) is 0 Å². The van der Waals surface area contributed by atoms with E-state index >= 15 is 0 Å². The van der Waals surface area contributed by atoms with Crippen molar-refractivity contribution in [2.45, 2.75) is 40.0 Å². The molecule has 0 aromatic heterocycles. The molecule has 1 fully saturated rings. The van der Waals surface area contributed by atoms with Crippen LogP contribution in [-0.2, 0) is 14.3 Å². The largest absolute Gasteiger partial charge is 0.427 e. The second kappa shape index (κ2) is 5.63. The molecule has 3 nitrogen and oxygen atoms in total. The fraction of sp³-hybridized carbons (Fsp3) is 0.500. The number of fused-ring (bicyclic) bond motifs is 2. The predicted octanol–water partition coefficient (Wildman–Crippen LogP) is 4.13. The number of ketones is 1. The summed E-state index contributed by atoms with van der Waals surface area (Å²) in [5.74, 6) is 0.587. The summed E-state index contributed by atoms with van der Waals surface area (Å²) < 4.78 is 5.59. The Morgan fingerprint density at radius 2 is 2.04 bits per heavy atom. The van der Waals surface area contributed by atoms with Gasteiger partial charge in [-0.05, 0) is 38.5 Å². The molecule has 0 aromatic carbocycles. The fourth-order valence-corrected chi connectivity index (χ4v) is 4.28. The molecular formula is C20H24O3. The molecule has 4 atom stereocenters. The van der Waals surface area contributed by atoms with E-state index in [1.165, 1.54) is 0 Å². The standard InChI is InChI=1S/C20H24O3/c1-10(2)14-7-6-11(3)17-15(14)8-13(5)20(22)23-19-12(4)9-16(21)18(17)19/h8,12,14-15,17H,1,3,6-7,9H2,2,4-5H3/t12-,14+,15+,17+/m1/s1. The highest BCUT2D eigenvalue weighted by Crippen LogP contribution is 2.50. The topological polar surface area (TPSA) is 43.4 Å². The smallest absolute Gasteiger partial charge is 0.338 e. The number of allylic oxidation sites excluding steroid dienone is 5. The molecule has 3 rings (SSSR count). The van der Waals surface area contributed by atoms with Gasteiger partial charge in [-0.2, -0.15) is 0 Å². The Hall–Kier alpha value is -1.90. The average molecular weight is 312 g/mol. The van der Waals surface area contributed by atoms with Gasteiger partial charge in [0.1, 0.15) is 5.76 Å². The summed E-state index contributed by atoms with van der Waals surface area (Å²) in [7, 11) is 0. The molecule has 0 aromatic rings. The molecule has 1 saturated carbocycles. The van der Waals surface area contributed by atoms with E-state index in [9.17, 15) is 9.59 Å². The maximum Gasteiger partial charge on any atom is 0.338 e. The molecule has 3 aliphatic rings. The van der Waals surface area contributed by atoms with Crippen molar-refractivity contribution in [2.75, 3.05) is 0 Å². The summed E-state index contributed by atoms with van der Waals surface area (Å²) in [6, 6.07) is 0. The van der Waals surface area contributed by atoms with Crippen LogP contribution in [0.25, 0.3) is 0 Å². The van der Waals surface area contributed by atoms with E-state index in [0.717, 1.165) is 24.0 Å². The van der Waals surface area contributed by atoms with Crippen molar-refractivity contribution in [1.82, 2.24) is 0 Å². The zero-order valence-electron chi connectivity index (χ0n) is 14.1. The van der Waals surface area contributed by atoms with Gasteiger partial charge in [0.2, 0.25) is 0 Å². The minimum atomic E-state index is -0.339. The number of esters is 1. The molecule has 23 heavy (non-hydrogen) atoms. The Morgan fingerprint density at radius 1 is 1.35 bits per heavy atom. The SMILES string of the molecule is C=C1CC[C@@H](C(=C)C)[C@@H]2C=C(C)C(=O)OC3=C(C(=O)C[C@H]3C)[C@@H]12. The maximum absolute atomic E-state index is 12.6. The van der Waals surface area contributed by atoms with Crippen LogP contribution in [0, 0.1) is 23.7 Å². The van der Waals surface area contributed by atoms with Crippen LogP contribution in [0.3, 0.4) is 0 Å². The molecule has 0 unspecified atom stereocenters. The van der Waals surface area contributed by atoms with Gasteiger partial charge in [0.25, 0.3) is 0 Å². The molecule has 2 aliphatic carbocycles. The molecule has 1 heterocycles. The van der Waals surface area contributed by atoms with Crippen LogP contribution < -0.4 is 0 Å². The van der Waals surface area contributed by atoms with Crippen molar-refractivity contribution < 1.29 is 14.3 Å². The Bertz CT molecular complexity index is 677. The van der Waals surface area contributed by atoms with E-state index in [-0.39, 0.29) is 35.4 Å². The summed E-state index contributed by atoms with van der Waals surface area (Å²) in [5.41, 5.74) is 3.48. The van der Waals surface area contributed by atoms with Crippen LogP contribution in [0.1, 0.15) is 40.0 Å². The van der Waals surface area contributed by atoms with Gasteiger partial charge in [0, 0.05) is 29.4 Å². The first-order valence-electron chi connectivity index (χ1n) is 8.32. The summed E-state index contributed by atoms with van der Waals surface area (Å²) in [4.78, 5) is 24.9. The number of Topliss-reactive ketones (excluding diaryl/α,β-unsaturated/α-hetero) is 1. The van der Waals surface area contributed by atoms with Gasteiger partial charge in [0.05, 0.1) is 0 Å². The molecule has 0 amide bonds. The molecule has 1 aliphatic heterocycles. The van der Waals surface area contributed by atoms with E-state index in [0.29, 0.717) is 23.3 Å². The Labute approximate surface area is 137 Å². The molecule has 3 heteroatoms. The lowest BCUT2D eigenvalue weighted by Crippen LogP contribution is -2.34. The first kappa shape index (κ1) is 16.0. The fourth-order valence-electron chi connectivity index (χ4n) is 4.28. The molecular weight excluding hydrogens is 288 g/mol. The summed E-state index contributed by atoms with van der Waals surface area (Å²) in [6.45, 7) is 14.2. The van der Waals surface area contributed by atoms with Gasteiger partial charge in [-0.1, -0.05) is 37.3 Å². The van der Waals surface area contributed by atoms with E-state index in [2.05, 4.69) is 13.2 Å². The molecule has 0 N–H and O–H groups in total. The Morgan fingerprint density at radius 3 is 2.70 bits per heavy atom. The Balaban J connectivity index is 2.19. The second-order valence-electron chi connectivity index (χ2n) is 7.25. The lowest BCUT2D eigenvalue weighted by Gasteiger charge is -2.40. The van der Waals surface area contributed by atoms with E-state index in [4.69, 9.17) is 4.74 Å². The highest BCUT2D eigenvalue weighted by atomic mass is 16.5.